The lowest BCUT2D eigenvalue weighted by Crippen LogP contribution is -2.29. The molecule has 1 saturated heterocycles. The van der Waals surface area contributed by atoms with E-state index in [1.807, 2.05) is 0 Å². The third-order valence-corrected chi connectivity index (χ3v) is 5.39. The van der Waals surface area contributed by atoms with E-state index in [9.17, 15) is 18.0 Å². The fourth-order valence-corrected chi connectivity index (χ4v) is 4.07. The molecule has 0 amide bonds. The van der Waals surface area contributed by atoms with Crippen LogP contribution in [0.5, 0.6) is 0 Å². The summed E-state index contributed by atoms with van der Waals surface area (Å²) in [4.78, 5) is 22.5. The molecule has 0 aromatic heterocycles. The van der Waals surface area contributed by atoms with Crippen LogP contribution < -0.4 is 4.72 Å². The normalized spacial score (nSPS) is 17.8. The van der Waals surface area contributed by atoms with Crippen LogP contribution in [0.4, 0.5) is 0 Å². The topological polar surface area (TPSA) is 98.8 Å². The Morgan fingerprint density at radius 3 is 2.57 bits per heavy atom. The molecule has 1 heterocycles. The number of cyclic esters (lactones) is 1. The van der Waals surface area contributed by atoms with Gasteiger partial charge in [-0.25, -0.2) is 17.9 Å². The quantitative estimate of drug-likeness (QED) is 0.749. The number of carbonyl (C=O) groups is 2. The Kier molecular flexibility index (Phi) is 5.85. The third kappa shape index (κ3) is 4.57. The molecule has 0 spiro atoms. The van der Waals surface area contributed by atoms with Crippen molar-refractivity contribution in [2.75, 3.05) is 13.2 Å². The second-order valence-corrected chi connectivity index (χ2v) is 7.15. The first-order chi connectivity index (χ1) is 10.8. The Bertz CT molecular complexity index is 701. The first-order valence-electron chi connectivity index (χ1n) is 6.61. The zero-order chi connectivity index (χ0) is 17.0. The number of rotatable bonds is 6. The van der Waals surface area contributed by atoms with Gasteiger partial charge in [0, 0.05) is 13.0 Å². The maximum atomic E-state index is 12.1. The Morgan fingerprint density at radius 1 is 1.35 bits per heavy atom. The highest BCUT2D eigenvalue weighted by Gasteiger charge is 2.30. The monoisotopic (exact) mass is 381 g/mol. The minimum atomic E-state index is -3.97. The largest absolute Gasteiger partial charge is 0.463 e. The van der Waals surface area contributed by atoms with Gasteiger partial charge in [-0.05, 0) is 12.1 Å². The molecule has 126 valence electrons. The van der Waals surface area contributed by atoms with Crippen molar-refractivity contribution >= 4 is 45.2 Å². The molecule has 0 saturated carbocycles. The molecule has 10 heteroatoms. The summed E-state index contributed by atoms with van der Waals surface area (Å²) < 4.78 is 36.0. The van der Waals surface area contributed by atoms with Crippen molar-refractivity contribution in [2.45, 2.75) is 23.8 Å². The van der Waals surface area contributed by atoms with Crippen LogP contribution in [0.15, 0.2) is 23.1 Å². The fraction of sp³-hybridized carbons (Fsp3) is 0.385. The maximum absolute atomic E-state index is 12.1. The Balaban J connectivity index is 1.90. The second kappa shape index (κ2) is 7.48. The number of benzene rings is 1. The predicted octanol–water partition coefficient (Wildman–Crippen LogP) is 1.52. The lowest BCUT2D eigenvalue weighted by atomic mass is 10.3. The first-order valence-corrected chi connectivity index (χ1v) is 8.85. The molecule has 0 radical (unpaired) electrons. The van der Waals surface area contributed by atoms with Crippen molar-refractivity contribution in [1.82, 2.24) is 4.72 Å². The van der Waals surface area contributed by atoms with E-state index in [2.05, 4.69) is 9.46 Å². The van der Waals surface area contributed by atoms with Crippen LogP contribution in [0.25, 0.3) is 0 Å². The molecule has 1 fully saturated rings. The number of sulfonamides is 1. The van der Waals surface area contributed by atoms with Crippen LogP contribution in [-0.4, -0.2) is 39.6 Å². The summed E-state index contributed by atoms with van der Waals surface area (Å²) in [7, 11) is -3.97. The fourth-order valence-electron chi connectivity index (χ4n) is 1.90. The van der Waals surface area contributed by atoms with E-state index in [1.54, 1.807) is 0 Å². The lowest BCUT2D eigenvalue weighted by molar-refractivity contribution is -0.160. The zero-order valence-electron chi connectivity index (χ0n) is 11.8. The number of halogens is 2. The minimum absolute atomic E-state index is 0.0266. The van der Waals surface area contributed by atoms with E-state index in [4.69, 9.17) is 27.9 Å². The lowest BCUT2D eigenvalue weighted by Gasteiger charge is -2.11. The van der Waals surface area contributed by atoms with Crippen molar-refractivity contribution in [1.29, 1.82) is 0 Å². The van der Waals surface area contributed by atoms with E-state index < -0.39 is 28.1 Å². The average molecular weight is 382 g/mol. The van der Waals surface area contributed by atoms with Crippen molar-refractivity contribution < 1.29 is 27.5 Å². The highest BCUT2D eigenvalue weighted by Crippen LogP contribution is 2.28. The van der Waals surface area contributed by atoms with Crippen LogP contribution in [0, 0.1) is 0 Å². The van der Waals surface area contributed by atoms with Gasteiger partial charge in [0.05, 0.1) is 23.1 Å². The Hall–Kier alpha value is -1.35. The standard InChI is InChI=1S/C13H13Cl2NO6S/c14-8-2-1-3-9(15)12(8)23(19,20)16-6-4-11(17)22-10-5-7-21-13(10)18/h1-3,10,16H,4-7H2/t10-/m0/s1. The van der Waals surface area contributed by atoms with Crippen LogP contribution in [-0.2, 0) is 29.1 Å². The smallest absolute Gasteiger partial charge is 0.347 e. The van der Waals surface area contributed by atoms with Gasteiger partial charge in [0.15, 0.2) is 0 Å². The van der Waals surface area contributed by atoms with Crippen LogP contribution in [0.3, 0.4) is 0 Å². The van der Waals surface area contributed by atoms with E-state index in [1.165, 1.54) is 18.2 Å². The molecule has 1 aromatic rings. The molecule has 0 bridgehead atoms. The number of ether oxygens (including phenoxy) is 2. The van der Waals surface area contributed by atoms with Gasteiger partial charge >= 0.3 is 11.9 Å². The summed E-state index contributed by atoms with van der Waals surface area (Å²) in [6.45, 7) is -0.0150. The molecule has 1 aromatic carbocycles. The molecular weight excluding hydrogens is 369 g/mol. The van der Waals surface area contributed by atoms with E-state index in [0.717, 1.165) is 0 Å². The molecule has 1 aliphatic rings. The van der Waals surface area contributed by atoms with Crippen LogP contribution in [0.2, 0.25) is 10.0 Å². The number of carbonyl (C=O) groups excluding carboxylic acids is 2. The summed E-state index contributed by atoms with van der Waals surface area (Å²) >= 11 is 11.7. The van der Waals surface area contributed by atoms with Gasteiger partial charge in [0.1, 0.15) is 4.90 Å². The van der Waals surface area contributed by atoms with Gasteiger partial charge in [0.25, 0.3) is 0 Å². The zero-order valence-corrected chi connectivity index (χ0v) is 14.1. The number of hydrogen-bond acceptors (Lipinski definition) is 6. The van der Waals surface area contributed by atoms with Crippen LogP contribution >= 0.6 is 23.2 Å². The van der Waals surface area contributed by atoms with Crippen molar-refractivity contribution in [3.63, 3.8) is 0 Å². The molecule has 0 aliphatic carbocycles. The van der Waals surface area contributed by atoms with Gasteiger partial charge in [-0.2, -0.15) is 0 Å². The summed E-state index contributed by atoms with van der Waals surface area (Å²) in [5.74, 6) is -1.30. The summed E-state index contributed by atoms with van der Waals surface area (Å²) in [6, 6.07) is 4.30. The highest BCUT2D eigenvalue weighted by atomic mass is 35.5. The van der Waals surface area contributed by atoms with E-state index >= 15 is 0 Å². The molecule has 1 N–H and O–H groups in total. The third-order valence-electron chi connectivity index (χ3n) is 2.97. The minimum Gasteiger partial charge on any atom is -0.463 e. The summed E-state index contributed by atoms with van der Waals surface area (Å²) in [6.07, 6.45) is -0.867. The van der Waals surface area contributed by atoms with E-state index in [-0.39, 0.29) is 34.5 Å². The summed E-state index contributed by atoms with van der Waals surface area (Å²) in [5.41, 5.74) is 0. The molecule has 1 atom stereocenters. The van der Waals surface area contributed by atoms with Crippen molar-refractivity contribution in [3.8, 4) is 0 Å². The second-order valence-electron chi connectivity index (χ2n) is 4.63. The molecule has 2 rings (SSSR count). The molecule has 7 nitrogen and oxygen atoms in total. The van der Waals surface area contributed by atoms with Crippen molar-refractivity contribution in [2.24, 2.45) is 0 Å². The molecule has 1 aliphatic heterocycles. The Labute approximate surface area is 142 Å². The Morgan fingerprint density at radius 2 is 2.00 bits per heavy atom. The number of hydrogen-bond donors (Lipinski definition) is 1. The maximum Gasteiger partial charge on any atom is 0.347 e. The molecule has 0 unspecified atom stereocenters. The van der Waals surface area contributed by atoms with Gasteiger partial charge in [-0.3, -0.25) is 4.79 Å². The van der Waals surface area contributed by atoms with Gasteiger partial charge in [-0.1, -0.05) is 29.3 Å². The summed E-state index contributed by atoms with van der Waals surface area (Å²) in [5, 5.41) is -0.0532. The van der Waals surface area contributed by atoms with Gasteiger partial charge in [-0.15, -0.1) is 0 Å². The highest BCUT2D eigenvalue weighted by molar-refractivity contribution is 7.89. The average Bonchev–Trinajstić information content (AvgIpc) is 2.83. The van der Waals surface area contributed by atoms with Crippen LogP contribution in [0.1, 0.15) is 12.8 Å². The number of esters is 2. The van der Waals surface area contributed by atoms with Crippen molar-refractivity contribution in [3.05, 3.63) is 28.2 Å². The molecular formula is C13H13Cl2NO6S. The van der Waals surface area contributed by atoms with Gasteiger partial charge in [0.2, 0.25) is 16.1 Å². The van der Waals surface area contributed by atoms with E-state index in [0.29, 0.717) is 6.42 Å². The SMILES string of the molecule is O=C(CCNS(=O)(=O)c1c(Cl)cccc1Cl)O[C@H]1CCOC1=O. The van der Waals surface area contributed by atoms with Gasteiger partial charge < -0.3 is 9.47 Å². The predicted molar refractivity (Wildman–Crippen MR) is 81.7 cm³/mol. The molecule has 23 heavy (non-hydrogen) atoms. The first kappa shape index (κ1) is 18.0. The number of nitrogens with one attached hydrogen (secondary N) is 1.